The summed E-state index contributed by atoms with van der Waals surface area (Å²) in [5.41, 5.74) is 0. The molecule has 0 N–H and O–H groups in total. The lowest BCUT2D eigenvalue weighted by Crippen LogP contribution is -2.37. The highest BCUT2D eigenvalue weighted by molar-refractivity contribution is 7.80. The molecule has 2 heterocycles. The minimum atomic E-state index is 0.348. The van der Waals surface area contributed by atoms with Crippen LogP contribution in [-0.4, -0.2) is 9.67 Å². The van der Waals surface area contributed by atoms with Crippen LogP contribution in [0.3, 0.4) is 0 Å². The van der Waals surface area contributed by atoms with E-state index in [0.717, 1.165) is 18.8 Å². The zero-order chi connectivity index (χ0) is 7.14. The number of aromatic nitrogens is 3. The summed E-state index contributed by atoms with van der Waals surface area (Å²) < 4.78 is 4.16. The third-order valence-corrected chi connectivity index (χ3v) is 2.40. The van der Waals surface area contributed by atoms with E-state index in [1.807, 2.05) is 18.1 Å². The summed E-state index contributed by atoms with van der Waals surface area (Å²) in [5, 5.41) is 0.348. The molecule has 0 amide bonds. The Morgan fingerprint density at radius 2 is 2.70 bits per heavy atom. The SMILES string of the molecule is C[n+]1cnc2n1CCC2S. The molecule has 0 fully saturated rings. The second-order valence-electron chi connectivity index (χ2n) is 2.60. The van der Waals surface area contributed by atoms with Gasteiger partial charge >= 0.3 is 6.33 Å². The van der Waals surface area contributed by atoms with Gasteiger partial charge in [0.1, 0.15) is 7.05 Å². The molecule has 4 heteroatoms. The van der Waals surface area contributed by atoms with Gasteiger partial charge in [-0.15, -0.1) is 0 Å². The lowest BCUT2D eigenvalue weighted by Gasteiger charge is -1.90. The van der Waals surface area contributed by atoms with Crippen LogP contribution in [0.2, 0.25) is 0 Å². The number of hydrogen-bond donors (Lipinski definition) is 1. The van der Waals surface area contributed by atoms with E-state index in [4.69, 9.17) is 0 Å². The first kappa shape index (κ1) is 6.22. The summed E-state index contributed by atoms with van der Waals surface area (Å²) in [5.74, 6) is 1.10. The Bertz CT molecular complexity index is 255. The fourth-order valence-corrected chi connectivity index (χ4v) is 1.65. The third-order valence-electron chi connectivity index (χ3n) is 1.91. The van der Waals surface area contributed by atoms with Gasteiger partial charge in [-0.05, 0) is 11.4 Å². The summed E-state index contributed by atoms with van der Waals surface area (Å²) in [6.07, 6.45) is 2.94. The van der Waals surface area contributed by atoms with Crippen molar-refractivity contribution >= 4 is 12.6 Å². The maximum Gasteiger partial charge on any atom is 0.306 e. The van der Waals surface area contributed by atoms with Crippen LogP contribution in [0.5, 0.6) is 0 Å². The molecule has 0 saturated carbocycles. The quantitative estimate of drug-likeness (QED) is 0.417. The van der Waals surface area contributed by atoms with Crippen LogP contribution in [0.25, 0.3) is 0 Å². The highest BCUT2D eigenvalue weighted by Gasteiger charge is 2.28. The molecule has 1 aliphatic heterocycles. The van der Waals surface area contributed by atoms with Crippen molar-refractivity contribution in [2.75, 3.05) is 0 Å². The van der Waals surface area contributed by atoms with E-state index < -0.39 is 0 Å². The summed E-state index contributed by atoms with van der Waals surface area (Å²) in [6.45, 7) is 1.06. The van der Waals surface area contributed by atoms with Crippen LogP contribution in [0.1, 0.15) is 17.5 Å². The first-order valence-electron chi connectivity index (χ1n) is 3.38. The topological polar surface area (TPSA) is 21.7 Å². The number of aryl methyl sites for hydroxylation is 1. The normalized spacial score (nSPS) is 23.2. The van der Waals surface area contributed by atoms with Gasteiger partial charge in [0.2, 0.25) is 0 Å². The molecule has 0 bridgehead atoms. The third kappa shape index (κ3) is 0.683. The average molecular weight is 156 g/mol. The molecule has 0 radical (unpaired) electrons. The summed E-state index contributed by atoms with van der Waals surface area (Å²) in [6, 6.07) is 0. The van der Waals surface area contributed by atoms with Gasteiger partial charge in [0, 0.05) is 0 Å². The minimum absolute atomic E-state index is 0.348. The fraction of sp³-hybridized carbons (Fsp3) is 0.667. The predicted octanol–water partition coefficient (Wildman–Crippen LogP) is 0.0822. The average Bonchev–Trinajstić information content (AvgIpc) is 2.41. The standard InChI is InChI=1S/C6H9N3S/c1-8-4-7-6-5(10)2-3-9(6)8/h4-5H,2-3H2,1H3/p+1. The monoisotopic (exact) mass is 156 g/mol. The van der Waals surface area contributed by atoms with Crippen molar-refractivity contribution in [1.29, 1.82) is 0 Å². The predicted molar refractivity (Wildman–Crippen MR) is 39.7 cm³/mol. The van der Waals surface area contributed by atoms with Crippen molar-refractivity contribution < 1.29 is 4.68 Å². The van der Waals surface area contributed by atoms with Gasteiger partial charge in [-0.1, -0.05) is 0 Å². The van der Waals surface area contributed by atoms with E-state index in [2.05, 4.69) is 22.3 Å². The van der Waals surface area contributed by atoms with Crippen LogP contribution in [-0.2, 0) is 13.6 Å². The van der Waals surface area contributed by atoms with Gasteiger partial charge in [-0.2, -0.15) is 22.0 Å². The van der Waals surface area contributed by atoms with E-state index in [0.29, 0.717) is 5.25 Å². The lowest BCUT2D eigenvalue weighted by molar-refractivity contribution is -0.754. The Kier molecular flexibility index (Phi) is 1.23. The molecule has 1 aromatic rings. The van der Waals surface area contributed by atoms with Gasteiger partial charge in [0.25, 0.3) is 5.82 Å². The Hall–Kier alpha value is -0.510. The molecule has 1 unspecified atom stereocenters. The maximum absolute atomic E-state index is 4.39. The molecule has 1 atom stereocenters. The number of thiol groups is 1. The van der Waals surface area contributed by atoms with Crippen molar-refractivity contribution in [2.24, 2.45) is 7.05 Å². The van der Waals surface area contributed by atoms with E-state index in [-0.39, 0.29) is 0 Å². The molecule has 3 nitrogen and oxygen atoms in total. The van der Waals surface area contributed by atoms with E-state index in [1.165, 1.54) is 0 Å². The van der Waals surface area contributed by atoms with Crippen molar-refractivity contribution in [3.05, 3.63) is 12.2 Å². The molecular formula is C6H10N3S+. The van der Waals surface area contributed by atoms with Crippen LogP contribution >= 0.6 is 12.6 Å². The molecule has 54 valence electrons. The summed E-state index contributed by atoms with van der Waals surface area (Å²) in [7, 11) is 2.00. The number of rotatable bonds is 0. The maximum atomic E-state index is 4.39. The Labute approximate surface area is 65.1 Å². The number of hydrogen-bond acceptors (Lipinski definition) is 2. The zero-order valence-electron chi connectivity index (χ0n) is 5.86. The van der Waals surface area contributed by atoms with E-state index in [1.54, 1.807) is 0 Å². The second-order valence-corrected chi connectivity index (χ2v) is 3.23. The number of fused-ring (bicyclic) bond motifs is 1. The first-order chi connectivity index (χ1) is 4.79. The largest absolute Gasteiger partial charge is 0.306 e. The molecule has 2 rings (SSSR count). The molecule has 0 aromatic carbocycles. The summed E-state index contributed by atoms with van der Waals surface area (Å²) >= 11 is 4.39. The van der Waals surface area contributed by atoms with Gasteiger partial charge in [0.15, 0.2) is 0 Å². The first-order valence-corrected chi connectivity index (χ1v) is 3.90. The van der Waals surface area contributed by atoms with Crippen LogP contribution in [0.4, 0.5) is 0 Å². The molecule has 0 spiro atoms. The summed E-state index contributed by atoms with van der Waals surface area (Å²) in [4.78, 5) is 4.23. The molecule has 0 aliphatic carbocycles. The highest BCUT2D eigenvalue weighted by Crippen LogP contribution is 2.26. The van der Waals surface area contributed by atoms with Crippen molar-refractivity contribution in [3.63, 3.8) is 0 Å². The minimum Gasteiger partial charge on any atom is -0.178 e. The lowest BCUT2D eigenvalue weighted by atomic mass is 10.3. The second kappa shape index (κ2) is 1.99. The molecule has 10 heavy (non-hydrogen) atoms. The Balaban J connectivity index is 2.53. The van der Waals surface area contributed by atoms with Crippen LogP contribution in [0, 0.1) is 0 Å². The van der Waals surface area contributed by atoms with Crippen molar-refractivity contribution in [1.82, 2.24) is 9.67 Å². The van der Waals surface area contributed by atoms with Gasteiger partial charge in [-0.25, -0.2) is 0 Å². The number of nitrogens with zero attached hydrogens (tertiary/aromatic N) is 3. The smallest absolute Gasteiger partial charge is 0.178 e. The fourth-order valence-electron chi connectivity index (χ4n) is 1.34. The Morgan fingerprint density at radius 1 is 1.90 bits per heavy atom. The van der Waals surface area contributed by atoms with Gasteiger partial charge in [-0.3, -0.25) is 0 Å². The molecule has 0 saturated heterocycles. The Morgan fingerprint density at radius 3 is 3.40 bits per heavy atom. The van der Waals surface area contributed by atoms with Crippen molar-refractivity contribution in [2.45, 2.75) is 18.2 Å². The van der Waals surface area contributed by atoms with E-state index in [9.17, 15) is 0 Å². The van der Waals surface area contributed by atoms with Crippen LogP contribution in [0.15, 0.2) is 6.33 Å². The van der Waals surface area contributed by atoms with Crippen LogP contribution < -0.4 is 4.68 Å². The van der Waals surface area contributed by atoms with Gasteiger partial charge in [0.05, 0.1) is 11.8 Å². The zero-order valence-corrected chi connectivity index (χ0v) is 6.75. The van der Waals surface area contributed by atoms with Gasteiger partial charge < -0.3 is 0 Å². The highest BCUT2D eigenvalue weighted by atomic mass is 32.1. The van der Waals surface area contributed by atoms with E-state index >= 15 is 0 Å². The molecule has 1 aliphatic rings. The molecule has 1 aromatic heterocycles. The van der Waals surface area contributed by atoms with Crippen molar-refractivity contribution in [3.8, 4) is 0 Å². The molecular weight excluding hydrogens is 146 g/mol.